The number of carbonyl (C=O) groups is 1. The van der Waals surface area contributed by atoms with Crippen molar-refractivity contribution >= 4 is 11.8 Å². The van der Waals surface area contributed by atoms with E-state index in [2.05, 4.69) is 23.7 Å². The molecular weight excluding hydrogens is 771 g/mol. The van der Waals surface area contributed by atoms with Crippen LogP contribution in [0.4, 0.5) is 4.79 Å². The molecule has 330 valence electrons. The molecule has 1 aromatic carbocycles. The molecule has 0 radical (unpaired) electrons. The van der Waals surface area contributed by atoms with Gasteiger partial charge in [0.2, 0.25) is 12.1 Å². The second kappa shape index (κ2) is 22.7. The molecule has 14 nitrogen and oxygen atoms in total. The molecule has 1 aromatic heterocycles. The normalized spacial score (nSPS) is 26.3. The summed E-state index contributed by atoms with van der Waals surface area (Å²) in [4.78, 5) is 26.7. The van der Waals surface area contributed by atoms with Gasteiger partial charge in [0.05, 0.1) is 57.0 Å². The van der Waals surface area contributed by atoms with Crippen molar-refractivity contribution in [3.8, 4) is 11.5 Å². The Morgan fingerprint density at radius 1 is 1.07 bits per heavy atom. The second-order valence-corrected chi connectivity index (χ2v) is 16.0. The summed E-state index contributed by atoms with van der Waals surface area (Å²) in [6, 6.07) is 11.0. The molecule has 6 rings (SSSR count). The Morgan fingerprint density at radius 2 is 1.90 bits per heavy atom. The fourth-order valence-electron chi connectivity index (χ4n) is 9.40. The van der Waals surface area contributed by atoms with Gasteiger partial charge in [-0.15, -0.1) is 6.58 Å². The highest BCUT2D eigenvalue weighted by atomic mass is 16.8. The van der Waals surface area contributed by atoms with Crippen molar-refractivity contribution in [2.75, 3.05) is 59.4 Å². The number of oxime groups is 1. The van der Waals surface area contributed by atoms with E-state index in [-0.39, 0.29) is 83.6 Å². The third-order valence-electron chi connectivity index (χ3n) is 12.0. The Labute approximate surface area is 354 Å². The van der Waals surface area contributed by atoms with Crippen LogP contribution in [0.5, 0.6) is 11.5 Å². The number of allylic oxidation sites excluding steroid dienone is 1. The minimum Gasteiger partial charge on any atom is -0.487 e. The van der Waals surface area contributed by atoms with Crippen LogP contribution in [-0.4, -0.2) is 115 Å². The van der Waals surface area contributed by atoms with Crippen LogP contribution in [0.15, 0.2) is 65.9 Å². The first-order valence-corrected chi connectivity index (χ1v) is 21.9. The van der Waals surface area contributed by atoms with Crippen molar-refractivity contribution < 1.29 is 53.4 Å². The number of hydrogen-bond donors (Lipinski definition) is 3. The van der Waals surface area contributed by atoms with E-state index in [1.54, 1.807) is 17.9 Å². The summed E-state index contributed by atoms with van der Waals surface area (Å²) >= 11 is 0. The van der Waals surface area contributed by atoms with Crippen molar-refractivity contribution in [1.82, 2.24) is 9.88 Å². The molecule has 3 heterocycles. The zero-order valence-corrected chi connectivity index (χ0v) is 35.4. The van der Waals surface area contributed by atoms with Gasteiger partial charge in [0.15, 0.2) is 0 Å². The zero-order chi connectivity index (χ0) is 42.3. The molecule has 0 bridgehead atoms. The lowest BCUT2D eigenvalue weighted by molar-refractivity contribution is -0.256. The molecule has 60 heavy (non-hydrogen) atoms. The van der Waals surface area contributed by atoms with Gasteiger partial charge in [-0.2, -0.15) is 0 Å². The summed E-state index contributed by atoms with van der Waals surface area (Å²) in [6.07, 6.45) is 10.3. The Bertz CT molecular complexity index is 1750. The number of unbranched alkanes of at least 4 members (excludes halogenated alkanes) is 2. The maximum atomic E-state index is 14.2. The smallest absolute Gasteiger partial charge is 0.410 e. The molecule has 7 unspecified atom stereocenters. The minimum absolute atomic E-state index is 0.0403. The van der Waals surface area contributed by atoms with Gasteiger partial charge < -0.3 is 48.6 Å². The Hall–Kier alpha value is -4.05. The number of amides is 1. The molecule has 1 saturated heterocycles. The fourth-order valence-corrected chi connectivity index (χ4v) is 9.40. The van der Waals surface area contributed by atoms with Gasteiger partial charge in [-0.25, -0.2) is 4.79 Å². The number of fused-ring (bicyclic) bond motifs is 2. The topological polar surface area (TPSA) is 171 Å². The van der Waals surface area contributed by atoms with Gasteiger partial charge in [0.25, 0.3) is 0 Å². The molecule has 1 amide bonds. The van der Waals surface area contributed by atoms with Crippen LogP contribution in [-0.2, 0) is 30.4 Å². The number of aromatic nitrogens is 1. The van der Waals surface area contributed by atoms with Crippen molar-refractivity contribution in [2.24, 2.45) is 22.9 Å². The third kappa shape index (κ3) is 10.9. The molecule has 2 fully saturated rings. The molecule has 14 heteroatoms. The summed E-state index contributed by atoms with van der Waals surface area (Å²) < 4.78 is 38.2. The number of benzene rings is 1. The first-order chi connectivity index (χ1) is 29.4. The molecule has 0 spiro atoms. The summed E-state index contributed by atoms with van der Waals surface area (Å²) in [6.45, 7) is 9.27. The van der Waals surface area contributed by atoms with Crippen LogP contribution in [0, 0.1) is 24.7 Å². The minimum atomic E-state index is -1.46. The number of hydrogen-bond acceptors (Lipinski definition) is 13. The van der Waals surface area contributed by atoms with Gasteiger partial charge in [-0.05, 0) is 100 Å². The quantitative estimate of drug-likeness (QED) is 0.0624. The molecule has 3 N–H and O–H groups in total. The first-order valence-electron chi connectivity index (χ1n) is 21.9. The predicted molar refractivity (Wildman–Crippen MR) is 225 cm³/mol. The van der Waals surface area contributed by atoms with Gasteiger partial charge >= 0.3 is 6.09 Å². The van der Waals surface area contributed by atoms with Gasteiger partial charge in [0.1, 0.15) is 24.1 Å². The van der Waals surface area contributed by atoms with E-state index in [4.69, 9.17) is 38.4 Å². The van der Waals surface area contributed by atoms with Crippen molar-refractivity contribution in [1.29, 1.82) is 0 Å². The van der Waals surface area contributed by atoms with Crippen LogP contribution >= 0.6 is 0 Å². The number of pyridine rings is 1. The van der Waals surface area contributed by atoms with Gasteiger partial charge in [-0.3, -0.25) is 9.88 Å². The first kappa shape index (κ1) is 45.5. The van der Waals surface area contributed by atoms with Crippen LogP contribution in [0.2, 0.25) is 0 Å². The number of nitrogens with zero attached hydrogens (tertiary/aromatic N) is 3. The lowest BCUT2D eigenvalue weighted by Gasteiger charge is -2.59. The number of carbonyl (C=O) groups excluding carboxylic acids is 1. The van der Waals surface area contributed by atoms with Crippen LogP contribution in [0.1, 0.15) is 94.0 Å². The molecule has 4 aliphatic rings. The Morgan fingerprint density at radius 3 is 2.63 bits per heavy atom. The van der Waals surface area contributed by atoms with E-state index in [0.29, 0.717) is 43.1 Å². The zero-order valence-electron chi connectivity index (χ0n) is 35.4. The molecule has 2 aromatic rings. The average molecular weight is 836 g/mol. The number of aryl methyl sites for hydroxylation is 1. The van der Waals surface area contributed by atoms with Crippen LogP contribution in [0.3, 0.4) is 0 Å². The lowest BCUT2D eigenvalue weighted by Crippen LogP contribution is -2.70. The second-order valence-electron chi connectivity index (χ2n) is 16.0. The monoisotopic (exact) mass is 835 g/mol. The largest absolute Gasteiger partial charge is 0.487 e. The maximum absolute atomic E-state index is 14.2. The average Bonchev–Trinajstić information content (AvgIpc) is 3.26. The fraction of sp³-hybridized carbons (Fsp3) is 0.630. The molecular formula is C46H65N3O11. The van der Waals surface area contributed by atoms with E-state index < -0.39 is 30.1 Å². The van der Waals surface area contributed by atoms with E-state index >= 15 is 0 Å². The number of ether oxygens (including phenoxy) is 6. The number of aliphatic hydroxyl groups is 3. The van der Waals surface area contributed by atoms with Crippen molar-refractivity contribution in [2.45, 2.75) is 109 Å². The maximum Gasteiger partial charge on any atom is 0.410 e. The molecule has 2 aliphatic heterocycles. The van der Waals surface area contributed by atoms with Gasteiger partial charge in [-0.1, -0.05) is 36.2 Å². The van der Waals surface area contributed by atoms with Gasteiger partial charge in [0, 0.05) is 49.8 Å². The predicted octanol–water partition coefficient (Wildman–Crippen LogP) is 6.60. The van der Waals surface area contributed by atoms with E-state index in [0.717, 1.165) is 61.0 Å². The number of aliphatic hydroxyl groups excluding tert-OH is 3. The van der Waals surface area contributed by atoms with E-state index in [1.165, 1.54) is 0 Å². The summed E-state index contributed by atoms with van der Waals surface area (Å²) in [7, 11) is 0. The standard InChI is InChI=1S/C46H65N3O11/c1-4-24-58-46-41(49(45(53)55-5-2)20-26-54-27-23-52)30-39(48-60-42-17-8-11-25-56-42)37-28-33(14-6-9-21-50)36(16-7-10-22-51)43(44(37)46)38-29-35(18-19-40(38)59-46)57-31-34-15-12-13-32(3)47-34/h4,12-13,15,18-19,28-29,33,36,41-44,50-52H,1,5-11,14,16-17,20-27,30-31H2,2-3H3. The highest BCUT2D eigenvalue weighted by molar-refractivity contribution is 6.03. The summed E-state index contributed by atoms with van der Waals surface area (Å²) in [5.74, 6) is -0.811. The lowest BCUT2D eigenvalue weighted by atomic mass is 9.55. The highest BCUT2D eigenvalue weighted by Gasteiger charge is 2.65. The Kier molecular flexibility index (Phi) is 17.2. The van der Waals surface area contributed by atoms with Crippen LogP contribution in [0.25, 0.3) is 0 Å². The Balaban J connectivity index is 1.55. The van der Waals surface area contributed by atoms with Crippen LogP contribution < -0.4 is 9.47 Å². The summed E-state index contributed by atoms with van der Waals surface area (Å²) in [5, 5.41) is 34.2. The molecule has 7 atom stereocenters. The summed E-state index contributed by atoms with van der Waals surface area (Å²) in [5.41, 5.74) is 4.26. The highest BCUT2D eigenvalue weighted by Crippen LogP contribution is 2.62. The van der Waals surface area contributed by atoms with Crippen molar-refractivity contribution in [3.05, 3.63) is 77.7 Å². The molecule has 1 saturated carbocycles. The van der Waals surface area contributed by atoms with E-state index in [1.807, 2.05) is 37.3 Å². The third-order valence-corrected chi connectivity index (χ3v) is 12.0. The molecule has 2 aliphatic carbocycles. The SMILES string of the molecule is C=CCOC12Oc3ccc(OCc4cccc(C)n4)cc3C3C(CCCCO)C(CCCCO)C=C(C(=NOC4CCCCO4)CC1N(CCOCCO)C(=O)OCC)C32. The number of rotatable bonds is 23. The van der Waals surface area contributed by atoms with E-state index in [9.17, 15) is 20.1 Å². The van der Waals surface area contributed by atoms with Crippen molar-refractivity contribution in [3.63, 3.8) is 0 Å².